The zero-order valence-electron chi connectivity index (χ0n) is 14.5. The highest BCUT2D eigenvalue weighted by molar-refractivity contribution is 8.93. The number of halogens is 1. The number of benzene rings is 1. The van der Waals surface area contributed by atoms with Crippen molar-refractivity contribution in [2.24, 2.45) is 0 Å². The predicted molar refractivity (Wildman–Crippen MR) is 99.8 cm³/mol. The van der Waals surface area contributed by atoms with Crippen LogP contribution in [0.1, 0.15) is 47.9 Å². The summed E-state index contributed by atoms with van der Waals surface area (Å²) >= 11 is 0. The molecule has 0 aromatic heterocycles. The van der Waals surface area contributed by atoms with E-state index in [0.29, 0.717) is 19.6 Å². The summed E-state index contributed by atoms with van der Waals surface area (Å²) in [5.74, 6) is -1.16. The van der Waals surface area contributed by atoms with Gasteiger partial charge in [0.15, 0.2) is 0 Å². The van der Waals surface area contributed by atoms with Crippen molar-refractivity contribution < 1.29 is 19.1 Å². The molecule has 0 amide bonds. The summed E-state index contributed by atoms with van der Waals surface area (Å²) < 4.78 is 10.4. The van der Waals surface area contributed by atoms with Crippen LogP contribution in [0.5, 0.6) is 0 Å². The number of anilines is 1. The monoisotopic (exact) mass is 402 g/mol. The minimum absolute atomic E-state index is 0. The lowest BCUT2D eigenvalue weighted by atomic mass is 10.1. The maximum atomic E-state index is 12.3. The van der Waals surface area contributed by atoms with Gasteiger partial charge in [-0.25, -0.2) is 9.59 Å². The summed E-state index contributed by atoms with van der Waals surface area (Å²) in [6.45, 7) is 8.94. The van der Waals surface area contributed by atoms with Gasteiger partial charge in [0.1, 0.15) is 6.61 Å². The molecular formula is C17H27BrN2O4. The molecule has 1 aromatic carbocycles. The first kappa shape index (κ1) is 22.4. The molecule has 0 radical (unpaired) electrons. The molecule has 2 N–H and O–H groups in total. The number of likely N-dealkylation sites (N-methyl/N-ethyl adjacent to an activating group) is 1. The highest BCUT2D eigenvalue weighted by Gasteiger charge is 2.22. The van der Waals surface area contributed by atoms with E-state index in [1.165, 1.54) is 6.07 Å². The molecule has 0 saturated heterocycles. The van der Waals surface area contributed by atoms with Crippen LogP contribution in [-0.2, 0) is 9.47 Å². The largest absolute Gasteiger partial charge is 0.462 e. The van der Waals surface area contributed by atoms with Crippen molar-refractivity contribution in [2.45, 2.75) is 27.2 Å². The Morgan fingerprint density at radius 3 is 2.25 bits per heavy atom. The van der Waals surface area contributed by atoms with Gasteiger partial charge in [-0.1, -0.05) is 26.8 Å². The molecule has 0 aliphatic heterocycles. The Morgan fingerprint density at radius 1 is 1.04 bits per heavy atom. The number of ether oxygens (including phenoxy) is 2. The molecule has 0 fully saturated rings. The summed E-state index contributed by atoms with van der Waals surface area (Å²) in [7, 11) is 0. The van der Waals surface area contributed by atoms with Gasteiger partial charge in [0, 0.05) is 12.2 Å². The van der Waals surface area contributed by atoms with Crippen LogP contribution in [0, 0.1) is 0 Å². The van der Waals surface area contributed by atoms with E-state index in [1.807, 2.05) is 20.8 Å². The summed E-state index contributed by atoms with van der Waals surface area (Å²) in [6.07, 6.45) is 0.706. The Kier molecular flexibility index (Phi) is 11.1. The SMILES string of the molecule is Br.CCCOC(=O)c1cccc(N)c1C(=O)OCCN(CC)CC. The molecule has 24 heavy (non-hydrogen) atoms. The molecule has 0 bridgehead atoms. The standard InChI is InChI=1S/C17H26N2O4.BrH/c1-4-11-22-16(20)13-8-7-9-14(18)15(13)17(21)23-12-10-19(5-2)6-3;/h7-9H,4-6,10-12,18H2,1-3H3;1H. The van der Waals surface area contributed by atoms with Gasteiger partial charge in [-0.3, -0.25) is 0 Å². The smallest absolute Gasteiger partial charge is 0.341 e. The molecule has 0 aliphatic carbocycles. The fourth-order valence-electron chi connectivity index (χ4n) is 2.12. The number of hydrogen-bond donors (Lipinski definition) is 1. The maximum Gasteiger partial charge on any atom is 0.341 e. The first-order chi connectivity index (χ1) is 11.0. The number of nitrogens with zero attached hydrogens (tertiary/aromatic N) is 1. The van der Waals surface area contributed by atoms with Crippen LogP contribution in [0.15, 0.2) is 18.2 Å². The third kappa shape index (κ3) is 6.49. The number of carbonyl (C=O) groups excluding carboxylic acids is 2. The van der Waals surface area contributed by atoms with Crippen LogP contribution < -0.4 is 5.73 Å². The van der Waals surface area contributed by atoms with E-state index in [-0.39, 0.29) is 40.4 Å². The van der Waals surface area contributed by atoms with Crippen molar-refractivity contribution in [2.75, 3.05) is 38.6 Å². The van der Waals surface area contributed by atoms with Crippen molar-refractivity contribution in [1.82, 2.24) is 4.90 Å². The van der Waals surface area contributed by atoms with Crippen molar-refractivity contribution in [3.8, 4) is 0 Å². The summed E-state index contributed by atoms with van der Waals surface area (Å²) in [5, 5.41) is 0. The minimum Gasteiger partial charge on any atom is -0.462 e. The fourth-order valence-corrected chi connectivity index (χ4v) is 2.12. The lowest BCUT2D eigenvalue weighted by Crippen LogP contribution is -2.28. The topological polar surface area (TPSA) is 81.9 Å². The second-order valence-corrected chi connectivity index (χ2v) is 5.07. The lowest BCUT2D eigenvalue weighted by molar-refractivity contribution is 0.0436. The van der Waals surface area contributed by atoms with Gasteiger partial charge in [-0.15, -0.1) is 17.0 Å². The van der Waals surface area contributed by atoms with E-state index in [0.717, 1.165) is 13.1 Å². The minimum atomic E-state index is -0.598. The highest BCUT2D eigenvalue weighted by atomic mass is 79.9. The quantitative estimate of drug-likeness (QED) is 0.504. The van der Waals surface area contributed by atoms with Crippen LogP contribution >= 0.6 is 17.0 Å². The third-order valence-corrected chi connectivity index (χ3v) is 3.49. The molecule has 1 aromatic rings. The van der Waals surface area contributed by atoms with Gasteiger partial charge < -0.3 is 20.1 Å². The molecule has 0 saturated carbocycles. The first-order valence-electron chi connectivity index (χ1n) is 8.00. The predicted octanol–water partition coefficient (Wildman–Crippen LogP) is 2.91. The Labute approximate surface area is 154 Å². The van der Waals surface area contributed by atoms with Gasteiger partial charge >= 0.3 is 11.9 Å². The van der Waals surface area contributed by atoms with Crippen molar-refractivity contribution in [3.05, 3.63) is 29.3 Å². The summed E-state index contributed by atoms with van der Waals surface area (Å²) in [5.41, 5.74) is 6.29. The van der Waals surface area contributed by atoms with Crippen LogP contribution in [0.2, 0.25) is 0 Å². The average molecular weight is 403 g/mol. The second-order valence-electron chi connectivity index (χ2n) is 5.07. The molecule has 0 spiro atoms. The summed E-state index contributed by atoms with van der Waals surface area (Å²) in [4.78, 5) is 26.5. The number of carbonyl (C=O) groups is 2. The molecule has 0 atom stereocenters. The van der Waals surface area contributed by atoms with Crippen LogP contribution in [0.3, 0.4) is 0 Å². The molecule has 136 valence electrons. The van der Waals surface area contributed by atoms with E-state index in [2.05, 4.69) is 4.90 Å². The molecule has 6 nitrogen and oxygen atoms in total. The van der Waals surface area contributed by atoms with E-state index in [4.69, 9.17) is 15.2 Å². The first-order valence-corrected chi connectivity index (χ1v) is 8.00. The second kappa shape index (κ2) is 11.9. The van der Waals surface area contributed by atoms with Crippen molar-refractivity contribution >= 4 is 34.6 Å². The highest BCUT2D eigenvalue weighted by Crippen LogP contribution is 2.19. The molecule has 0 unspecified atom stereocenters. The van der Waals surface area contributed by atoms with E-state index < -0.39 is 11.9 Å². The zero-order valence-corrected chi connectivity index (χ0v) is 16.3. The fraction of sp³-hybridized carbons (Fsp3) is 0.529. The normalized spacial score (nSPS) is 10.2. The van der Waals surface area contributed by atoms with Gasteiger partial charge in [0.05, 0.1) is 17.7 Å². The van der Waals surface area contributed by atoms with Crippen LogP contribution in [0.4, 0.5) is 5.69 Å². The van der Waals surface area contributed by atoms with Crippen LogP contribution in [0.25, 0.3) is 0 Å². The summed E-state index contributed by atoms with van der Waals surface area (Å²) in [6, 6.07) is 4.71. The number of esters is 2. The number of nitrogen functional groups attached to an aromatic ring is 1. The maximum absolute atomic E-state index is 12.3. The van der Waals surface area contributed by atoms with Crippen LogP contribution in [-0.4, -0.2) is 49.7 Å². The lowest BCUT2D eigenvalue weighted by Gasteiger charge is -2.18. The van der Waals surface area contributed by atoms with Gasteiger partial charge in [0.2, 0.25) is 0 Å². The average Bonchev–Trinajstić information content (AvgIpc) is 2.56. The molecule has 0 heterocycles. The van der Waals surface area contributed by atoms with E-state index >= 15 is 0 Å². The number of nitrogens with two attached hydrogens (primary N) is 1. The molecule has 0 aliphatic rings. The number of rotatable bonds is 9. The Hall–Kier alpha value is -1.60. The zero-order chi connectivity index (χ0) is 17.2. The van der Waals surface area contributed by atoms with Crippen molar-refractivity contribution in [1.29, 1.82) is 0 Å². The van der Waals surface area contributed by atoms with Crippen molar-refractivity contribution in [3.63, 3.8) is 0 Å². The molecular weight excluding hydrogens is 376 g/mol. The molecule has 7 heteroatoms. The van der Waals surface area contributed by atoms with E-state index in [9.17, 15) is 9.59 Å². The van der Waals surface area contributed by atoms with E-state index in [1.54, 1.807) is 12.1 Å². The Bertz CT molecular complexity index is 533. The third-order valence-electron chi connectivity index (χ3n) is 3.49. The van der Waals surface area contributed by atoms with Gasteiger partial charge in [-0.05, 0) is 31.6 Å². The Morgan fingerprint density at radius 2 is 1.67 bits per heavy atom. The van der Waals surface area contributed by atoms with Gasteiger partial charge in [-0.2, -0.15) is 0 Å². The Balaban J connectivity index is 0.00000529. The molecule has 1 rings (SSSR count). The number of hydrogen-bond acceptors (Lipinski definition) is 6. The van der Waals surface area contributed by atoms with Gasteiger partial charge in [0.25, 0.3) is 0 Å².